The van der Waals surface area contributed by atoms with Crippen LogP contribution in [0.3, 0.4) is 0 Å². The van der Waals surface area contributed by atoms with Crippen molar-refractivity contribution < 1.29 is 0 Å². The van der Waals surface area contributed by atoms with Crippen LogP contribution in [-0.2, 0) is 0 Å². The Morgan fingerprint density at radius 2 is 1.39 bits per heavy atom. The van der Waals surface area contributed by atoms with E-state index in [1.165, 1.54) is 0 Å². The maximum atomic E-state index is 6.19. The number of hydrogen-bond donors (Lipinski definition) is 1. The lowest BCUT2D eigenvalue weighted by Crippen LogP contribution is -2.11. The molecule has 2 aromatic carbocycles. The Bertz CT molecular complexity index is 530. The van der Waals surface area contributed by atoms with E-state index < -0.39 is 0 Å². The van der Waals surface area contributed by atoms with Gasteiger partial charge in [0.05, 0.1) is 16.1 Å². The number of rotatable bonds is 2. The van der Waals surface area contributed by atoms with Gasteiger partial charge in [0.15, 0.2) is 0 Å². The third-order valence-electron chi connectivity index (χ3n) is 2.86. The number of aryl methyl sites for hydroxylation is 1. The maximum Gasteiger partial charge on any atom is 0.0595 e. The summed E-state index contributed by atoms with van der Waals surface area (Å²) in [5.41, 5.74) is 9.08. The second kappa shape index (κ2) is 5.50. The van der Waals surface area contributed by atoms with E-state index in [-0.39, 0.29) is 6.04 Å². The minimum absolute atomic E-state index is 0.266. The molecule has 0 spiro atoms. The van der Waals surface area contributed by atoms with Gasteiger partial charge in [-0.3, -0.25) is 0 Å². The van der Waals surface area contributed by atoms with E-state index in [1.54, 1.807) is 12.1 Å². The van der Waals surface area contributed by atoms with Crippen LogP contribution in [0.1, 0.15) is 22.7 Å². The van der Waals surface area contributed by atoms with Crippen LogP contribution in [0.25, 0.3) is 0 Å². The van der Waals surface area contributed by atoms with Crippen molar-refractivity contribution in [3.63, 3.8) is 0 Å². The Kier molecular flexibility index (Phi) is 4.18. The molecule has 0 fully saturated rings. The molecule has 18 heavy (non-hydrogen) atoms. The van der Waals surface area contributed by atoms with E-state index in [0.717, 1.165) is 16.7 Å². The van der Waals surface area contributed by atoms with Crippen LogP contribution < -0.4 is 5.73 Å². The van der Waals surface area contributed by atoms with Crippen molar-refractivity contribution in [3.8, 4) is 0 Å². The van der Waals surface area contributed by atoms with Crippen molar-refractivity contribution >= 4 is 34.8 Å². The fraction of sp³-hybridized carbons (Fsp3) is 0.143. The summed E-state index contributed by atoms with van der Waals surface area (Å²) in [6.07, 6.45) is 0. The van der Waals surface area contributed by atoms with Crippen LogP contribution in [0.15, 0.2) is 36.4 Å². The monoisotopic (exact) mass is 299 g/mol. The van der Waals surface area contributed by atoms with Gasteiger partial charge in [0.25, 0.3) is 0 Å². The highest BCUT2D eigenvalue weighted by Crippen LogP contribution is 2.29. The van der Waals surface area contributed by atoms with Crippen LogP contribution in [0.5, 0.6) is 0 Å². The highest BCUT2D eigenvalue weighted by molar-refractivity contribution is 6.42. The zero-order valence-electron chi connectivity index (χ0n) is 9.75. The second-order valence-corrected chi connectivity index (χ2v) is 5.38. The van der Waals surface area contributed by atoms with Gasteiger partial charge in [-0.05, 0) is 41.8 Å². The average molecular weight is 301 g/mol. The molecule has 0 amide bonds. The average Bonchev–Trinajstić information content (AvgIpc) is 2.35. The van der Waals surface area contributed by atoms with Gasteiger partial charge in [-0.25, -0.2) is 0 Å². The molecule has 0 bridgehead atoms. The highest BCUT2D eigenvalue weighted by Gasteiger charge is 2.11. The first-order valence-corrected chi connectivity index (χ1v) is 6.59. The molecule has 0 aromatic heterocycles. The van der Waals surface area contributed by atoms with Crippen molar-refractivity contribution in [2.24, 2.45) is 5.73 Å². The van der Waals surface area contributed by atoms with E-state index in [0.29, 0.717) is 15.1 Å². The van der Waals surface area contributed by atoms with Gasteiger partial charge in [0, 0.05) is 5.02 Å². The van der Waals surface area contributed by atoms with Gasteiger partial charge < -0.3 is 5.73 Å². The summed E-state index contributed by atoms with van der Waals surface area (Å²) >= 11 is 18.0. The van der Waals surface area contributed by atoms with Gasteiger partial charge >= 0.3 is 0 Å². The van der Waals surface area contributed by atoms with E-state index in [4.69, 9.17) is 40.5 Å². The molecule has 0 aliphatic heterocycles. The minimum atomic E-state index is -0.266. The molecule has 0 heterocycles. The Hall–Kier alpha value is -0.730. The number of halogens is 3. The summed E-state index contributed by atoms with van der Waals surface area (Å²) in [6.45, 7) is 1.96. The SMILES string of the molecule is Cc1ccc(C(N)c2ccc(Cl)c(Cl)c2)cc1Cl. The van der Waals surface area contributed by atoms with Gasteiger partial charge in [0.1, 0.15) is 0 Å². The quantitative estimate of drug-likeness (QED) is 0.829. The van der Waals surface area contributed by atoms with Crippen molar-refractivity contribution in [2.45, 2.75) is 13.0 Å². The minimum Gasteiger partial charge on any atom is -0.320 e. The Labute approximate surface area is 121 Å². The molecule has 2 N–H and O–H groups in total. The third-order valence-corrected chi connectivity index (χ3v) is 4.00. The Balaban J connectivity index is 2.37. The Morgan fingerprint density at radius 1 is 0.833 bits per heavy atom. The van der Waals surface area contributed by atoms with Gasteiger partial charge in [-0.1, -0.05) is 53.0 Å². The molecular weight excluding hydrogens is 289 g/mol. The maximum absolute atomic E-state index is 6.19. The lowest BCUT2D eigenvalue weighted by Gasteiger charge is -2.14. The van der Waals surface area contributed by atoms with Crippen LogP contribution in [-0.4, -0.2) is 0 Å². The predicted molar refractivity (Wildman–Crippen MR) is 78.7 cm³/mol. The first-order valence-electron chi connectivity index (χ1n) is 5.45. The Morgan fingerprint density at radius 3 is 1.94 bits per heavy atom. The van der Waals surface area contributed by atoms with Crippen LogP contribution in [0.2, 0.25) is 15.1 Å². The van der Waals surface area contributed by atoms with E-state index in [9.17, 15) is 0 Å². The molecule has 0 radical (unpaired) electrons. The van der Waals surface area contributed by atoms with Crippen LogP contribution in [0.4, 0.5) is 0 Å². The summed E-state index contributed by atoms with van der Waals surface area (Å²) in [7, 11) is 0. The van der Waals surface area contributed by atoms with E-state index in [1.807, 2.05) is 31.2 Å². The largest absolute Gasteiger partial charge is 0.320 e. The zero-order valence-corrected chi connectivity index (χ0v) is 12.0. The molecule has 0 saturated heterocycles. The van der Waals surface area contributed by atoms with E-state index >= 15 is 0 Å². The normalized spacial score (nSPS) is 12.5. The van der Waals surface area contributed by atoms with E-state index in [2.05, 4.69) is 0 Å². The molecule has 0 aliphatic carbocycles. The van der Waals surface area contributed by atoms with Crippen LogP contribution in [0, 0.1) is 6.92 Å². The standard InChI is InChI=1S/C14H12Cl3N/c1-8-2-3-9(6-12(8)16)14(18)10-4-5-11(15)13(17)7-10/h2-7,14H,18H2,1H3. The van der Waals surface area contributed by atoms with Crippen molar-refractivity contribution in [2.75, 3.05) is 0 Å². The first kappa shape index (κ1) is 13.7. The molecular formula is C14H12Cl3N. The van der Waals surface area contributed by atoms with Crippen molar-refractivity contribution in [1.29, 1.82) is 0 Å². The lowest BCUT2D eigenvalue weighted by molar-refractivity contribution is 0.871. The van der Waals surface area contributed by atoms with Gasteiger partial charge in [-0.15, -0.1) is 0 Å². The number of nitrogens with two attached hydrogens (primary N) is 1. The fourth-order valence-corrected chi connectivity index (χ4v) is 2.20. The number of benzene rings is 2. The highest BCUT2D eigenvalue weighted by atomic mass is 35.5. The molecule has 1 nitrogen and oxygen atoms in total. The first-order chi connectivity index (χ1) is 8.49. The summed E-state index contributed by atoms with van der Waals surface area (Å²) in [4.78, 5) is 0. The van der Waals surface area contributed by atoms with Crippen molar-refractivity contribution in [3.05, 3.63) is 68.2 Å². The molecule has 4 heteroatoms. The summed E-state index contributed by atoms with van der Waals surface area (Å²) in [6, 6.07) is 10.9. The third kappa shape index (κ3) is 2.81. The molecule has 0 aliphatic rings. The second-order valence-electron chi connectivity index (χ2n) is 4.16. The van der Waals surface area contributed by atoms with Crippen molar-refractivity contribution in [1.82, 2.24) is 0 Å². The molecule has 1 unspecified atom stereocenters. The van der Waals surface area contributed by atoms with Crippen LogP contribution >= 0.6 is 34.8 Å². The summed E-state index contributed by atoms with van der Waals surface area (Å²) < 4.78 is 0. The van der Waals surface area contributed by atoms with Gasteiger partial charge in [0.2, 0.25) is 0 Å². The molecule has 94 valence electrons. The molecule has 0 saturated carbocycles. The summed E-state index contributed by atoms with van der Waals surface area (Å²) in [5.74, 6) is 0. The lowest BCUT2D eigenvalue weighted by atomic mass is 9.99. The fourth-order valence-electron chi connectivity index (χ4n) is 1.70. The molecule has 1 atom stereocenters. The summed E-state index contributed by atoms with van der Waals surface area (Å²) in [5, 5.41) is 1.74. The zero-order chi connectivity index (χ0) is 13.3. The smallest absolute Gasteiger partial charge is 0.0595 e. The molecule has 2 aromatic rings. The number of hydrogen-bond acceptors (Lipinski definition) is 1. The van der Waals surface area contributed by atoms with Gasteiger partial charge in [-0.2, -0.15) is 0 Å². The predicted octanol–water partition coefficient (Wildman–Crippen LogP) is 5.00. The molecule has 2 rings (SSSR count). The topological polar surface area (TPSA) is 26.0 Å².